The molecular formula is C24H21ClF2N4O2. The lowest BCUT2D eigenvalue weighted by Gasteiger charge is -2.14. The van der Waals surface area contributed by atoms with Crippen LogP contribution in [0.5, 0.6) is 5.75 Å². The van der Waals surface area contributed by atoms with Crippen LogP contribution in [0.1, 0.15) is 24.0 Å². The van der Waals surface area contributed by atoms with E-state index < -0.39 is 5.92 Å². The highest BCUT2D eigenvalue weighted by Crippen LogP contribution is 2.42. The van der Waals surface area contributed by atoms with Gasteiger partial charge in [-0.15, -0.1) is 0 Å². The molecule has 0 N–H and O–H groups in total. The number of nitrogens with zero attached hydrogens (tertiary/aromatic N) is 4. The van der Waals surface area contributed by atoms with Crippen LogP contribution in [-0.4, -0.2) is 32.1 Å². The molecule has 1 atom stereocenters. The normalized spacial score (nSPS) is 17.7. The van der Waals surface area contributed by atoms with Crippen LogP contribution in [0.3, 0.4) is 0 Å². The summed E-state index contributed by atoms with van der Waals surface area (Å²) in [5, 5.41) is 4.61. The third-order valence-electron chi connectivity index (χ3n) is 5.79. The zero-order valence-corrected chi connectivity index (χ0v) is 18.9. The summed E-state index contributed by atoms with van der Waals surface area (Å²) in [6, 6.07) is 7.31. The van der Waals surface area contributed by atoms with Gasteiger partial charge in [0.1, 0.15) is 11.4 Å². The molecule has 1 aromatic carbocycles. The van der Waals surface area contributed by atoms with Crippen molar-refractivity contribution in [1.82, 2.24) is 19.5 Å². The fraction of sp³-hybridized carbons (Fsp3) is 0.292. The van der Waals surface area contributed by atoms with Gasteiger partial charge < -0.3 is 13.7 Å². The molecule has 0 unspecified atom stereocenters. The van der Waals surface area contributed by atoms with Crippen molar-refractivity contribution < 1.29 is 18.0 Å². The van der Waals surface area contributed by atoms with E-state index in [9.17, 15) is 8.78 Å². The van der Waals surface area contributed by atoms with Crippen LogP contribution in [-0.2, 0) is 0 Å². The molecule has 1 aliphatic rings. The lowest BCUT2D eigenvalue weighted by Crippen LogP contribution is -2.14. The molecule has 0 radical (unpaired) electrons. The highest BCUT2D eigenvalue weighted by Gasteiger charge is 2.43. The van der Waals surface area contributed by atoms with Gasteiger partial charge in [0.05, 0.1) is 11.6 Å². The minimum Gasteiger partial charge on any atom is -0.493 e. The van der Waals surface area contributed by atoms with E-state index in [0.717, 1.165) is 16.7 Å². The number of fused-ring (bicyclic) bond motifs is 1. The summed E-state index contributed by atoms with van der Waals surface area (Å²) < 4.78 is 40.4. The number of aromatic nitrogens is 4. The monoisotopic (exact) mass is 470 g/mol. The molecule has 5 rings (SSSR count). The molecule has 0 aliphatic heterocycles. The maximum atomic E-state index is 13.7. The number of hydrogen-bond donors (Lipinski definition) is 0. The number of allylic oxidation sites excluding steroid dienone is 1. The Balaban J connectivity index is 1.32. The standard InChI is InChI=1S/C24H21ClF2N4O2/c1-13-6-18(25)22-28-19(11-31(22)10-13)23-29-21(30-33-23)17-4-5-20(14(2)7-17)32-12-16-8-15(3)24(26,27)9-16/h4-7,10-11,16H,3,8-9,12H2,1-2H3/t16-/m0/s1. The Hall–Kier alpha value is -3.26. The average molecular weight is 471 g/mol. The second kappa shape index (κ2) is 7.95. The van der Waals surface area contributed by atoms with E-state index in [2.05, 4.69) is 21.7 Å². The summed E-state index contributed by atoms with van der Waals surface area (Å²) in [5.74, 6) is -1.72. The van der Waals surface area contributed by atoms with Gasteiger partial charge in [0.25, 0.3) is 11.8 Å². The largest absolute Gasteiger partial charge is 0.493 e. The summed E-state index contributed by atoms with van der Waals surface area (Å²) in [6.45, 7) is 7.53. The van der Waals surface area contributed by atoms with Crippen molar-refractivity contribution in [3.63, 3.8) is 0 Å². The number of aryl methyl sites for hydroxylation is 2. The number of pyridine rings is 1. The zero-order valence-electron chi connectivity index (χ0n) is 18.1. The van der Waals surface area contributed by atoms with E-state index in [1.54, 1.807) is 12.3 Å². The maximum absolute atomic E-state index is 13.7. The lowest BCUT2D eigenvalue weighted by atomic mass is 10.1. The number of rotatable bonds is 5. The highest BCUT2D eigenvalue weighted by molar-refractivity contribution is 6.33. The SMILES string of the molecule is C=C1C[C@H](COc2ccc(-c3noc(-c4cn5cc(C)cc(Cl)c5n4)n3)cc2C)CC1(F)F. The van der Waals surface area contributed by atoms with Crippen molar-refractivity contribution in [1.29, 1.82) is 0 Å². The van der Waals surface area contributed by atoms with Crippen LogP contribution < -0.4 is 4.74 Å². The van der Waals surface area contributed by atoms with Gasteiger partial charge in [-0.05, 0) is 61.2 Å². The van der Waals surface area contributed by atoms with Crippen LogP contribution in [0.25, 0.3) is 28.6 Å². The number of ether oxygens (including phenoxy) is 1. The first kappa shape index (κ1) is 21.6. The van der Waals surface area contributed by atoms with Gasteiger partial charge in [0.2, 0.25) is 5.82 Å². The Bertz CT molecular complexity index is 1380. The van der Waals surface area contributed by atoms with E-state index in [4.69, 9.17) is 20.9 Å². The van der Waals surface area contributed by atoms with Gasteiger partial charge in [0, 0.05) is 30.3 Å². The first-order chi connectivity index (χ1) is 15.7. The number of imidazole rings is 1. The van der Waals surface area contributed by atoms with Crippen molar-refractivity contribution in [3.8, 4) is 28.7 Å². The maximum Gasteiger partial charge on any atom is 0.278 e. The van der Waals surface area contributed by atoms with Crippen molar-refractivity contribution >= 4 is 17.2 Å². The van der Waals surface area contributed by atoms with Crippen LogP contribution in [0.15, 0.2) is 53.3 Å². The second-order valence-electron chi connectivity index (χ2n) is 8.52. The fourth-order valence-corrected chi connectivity index (χ4v) is 4.40. The van der Waals surface area contributed by atoms with E-state index >= 15 is 0 Å². The molecule has 0 spiro atoms. The summed E-state index contributed by atoms with van der Waals surface area (Å²) in [7, 11) is 0. The van der Waals surface area contributed by atoms with Gasteiger partial charge in [-0.25, -0.2) is 13.8 Å². The van der Waals surface area contributed by atoms with Crippen LogP contribution in [0.2, 0.25) is 5.02 Å². The lowest BCUT2D eigenvalue weighted by molar-refractivity contribution is 0.0378. The molecule has 0 amide bonds. The van der Waals surface area contributed by atoms with Crippen LogP contribution >= 0.6 is 11.6 Å². The van der Waals surface area contributed by atoms with Crippen molar-refractivity contribution in [2.45, 2.75) is 32.6 Å². The molecule has 1 aliphatic carbocycles. The Labute approximate surface area is 193 Å². The molecule has 6 nitrogen and oxygen atoms in total. The van der Waals surface area contributed by atoms with Crippen LogP contribution in [0, 0.1) is 19.8 Å². The molecule has 1 fully saturated rings. The van der Waals surface area contributed by atoms with E-state index in [0.29, 0.717) is 27.9 Å². The Morgan fingerprint density at radius 1 is 1.24 bits per heavy atom. The molecule has 0 saturated heterocycles. The first-order valence-corrected chi connectivity index (χ1v) is 10.9. The second-order valence-corrected chi connectivity index (χ2v) is 8.93. The predicted molar refractivity (Wildman–Crippen MR) is 121 cm³/mol. The smallest absolute Gasteiger partial charge is 0.278 e. The van der Waals surface area contributed by atoms with E-state index in [-0.39, 0.29) is 36.8 Å². The van der Waals surface area contributed by atoms with Crippen molar-refractivity contribution in [3.05, 3.63) is 65.0 Å². The van der Waals surface area contributed by atoms with Gasteiger partial charge in [-0.3, -0.25) is 0 Å². The number of halogens is 3. The molecular weight excluding hydrogens is 450 g/mol. The molecule has 9 heteroatoms. The molecule has 170 valence electrons. The molecule has 0 bridgehead atoms. The Kier molecular flexibility index (Phi) is 5.20. The minimum atomic E-state index is -2.80. The van der Waals surface area contributed by atoms with Crippen LogP contribution in [0.4, 0.5) is 8.78 Å². The fourth-order valence-electron chi connectivity index (χ4n) is 4.09. The number of alkyl halides is 2. The Morgan fingerprint density at radius 3 is 2.79 bits per heavy atom. The third-order valence-corrected chi connectivity index (χ3v) is 6.07. The highest BCUT2D eigenvalue weighted by atomic mass is 35.5. The van der Waals surface area contributed by atoms with Gasteiger partial charge in [-0.2, -0.15) is 4.98 Å². The van der Waals surface area contributed by atoms with E-state index in [1.165, 1.54) is 0 Å². The van der Waals surface area contributed by atoms with Crippen molar-refractivity contribution in [2.75, 3.05) is 6.61 Å². The van der Waals surface area contributed by atoms with Gasteiger partial charge >= 0.3 is 0 Å². The quantitative estimate of drug-likeness (QED) is 0.320. The molecule has 3 heterocycles. The predicted octanol–water partition coefficient (Wildman–Crippen LogP) is 6.30. The van der Waals surface area contributed by atoms with Gasteiger partial charge in [-0.1, -0.05) is 23.3 Å². The zero-order chi connectivity index (χ0) is 23.3. The average Bonchev–Trinajstić information content (AvgIpc) is 3.44. The summed E-state index contributed by atoms with van der Waals surface area (Å²) in [6.07, 6.45) is 3.76. The summed E-state index contributed by atoms with van der Waals surface area (Å²) >= 11 is 6.28. The van der Waals surface area contributed by atoms with Gasteiger partial charge in [0.15, 0.2) is 5.65 Å². The third kappa shape index (κ3) is 4.11. The van der Waals surface area contributed by atoms with E-state index in [1.807, 2.05) is 42.6 Å². The summed E-state index contributed by atoms with van der Waals surface area (Å²) in [5.41, 5.74) is 3.71. The molecule has 33 heavy (non-hydrogen) atoms. The van der Waals surface area contributed by atoms with Crippen molar-refractivity contribution in [2.24, 2.45) is 5.92 Å². The minimum absolute atomic E-state index is 0.0147. The molecule has 1 saturated carbocycles. The Morgan fingerprint density at radius 2 is 2.06 bits per heavy atom. The topological polar surface area (TPSA) is 65.5 Å². The molecule has 3 aromatic heterocycles. The number of benzene rings is 1. The first-order valence-electron chi connectivity index (χ1n) is 10.5. The summed E-state index contributed by atoms with van der Waals surface area (Å²) in [4.78, 5) is 8.97. The number of hydrogen-bond acceptors (Lipinski definition) is 5. The molecule has 4 aromatic rings.